The standard InChI is InChI=1S/C10H8N2.ClH/c1-3-7-11-9(5-1)10-6-2-4-8-12-10;/h1-8H;1H/p-1. The molecule has 2 rings (SSSR count). The van der Waals surface area contributed by atoms with Crippen molar-refractivity contribution in [3.05, 3.63) is 48.8 Å². The fraction of sp³-hybridized carbons (Fsp3) is 0. The van der Waals surface area contributed by atoms with Crippen molar-refractivity contribution in [3.8, 4) is 11.4 Å². The van der Waals surface area contributed by atoms with Crippen LogP contribution in [0.3, 0.4) is 0 Å². The molecule has 0 unspecified atom stereocenters. The molecule has 0 fully saturated rings. The first-order valence-corrected chi connectivity index (χ1v) is 3.79. The Hall–Kier alpha value is -1.41. The number of aromatic nitrogens is 2. The molecule has 2 nitrogen and oxygen atoms in total. The second-order valence-electron chi connectivity index (χ2n) is 2.43. The van der Waals surface area contributed by atoms with Crippen molar-refractivity contribution in [3.63, 3.8) is 0 Å². The molecule has 0 saturated heterocycles. The maximum atomic E-state index is 4.19. The molecular formula is C10H8ClN2-. The van der Waals surface area contributed by atoms with E-state index in [4.69, 9.17) is 0 Å². The third-order valence-corrected chi connectivity index (χ3v) is 1.59. The Labute approximate surface area is 83.1 Å². The number of hydrogen-bond donors (Lipinski definition) is 0. The largest absolute Gasteiger partial charge is 1.00 e. The van der Waals surface area contributed by atoms with E-state index in [1.54, 1.807) is 12.4 Å². The molecule has 0 aliphatic carbocycles. The second kappa shape index (κ2) is 4.58. The normalized spacial score (nSPS) is 8.92. The Bertz CT molecular complexity index is 310. The Balaban J connectivity index is 0.000000845. The lowest BCUT2D eigenvalue weighted by Crippen LogP contribution is -3.00. The van der Waals surface area contributed by atoms with Crippen molar-refractivity contribution in [2.24, 2.45) is 0 Å². The molecule has 13 heavy (non-hydrogen) atoms. The first-order valence-electron chi connectivity index (χ1n) is 3.79. The average molecular weight is 192 g/mol. The van der Waals surface area contributed by atoms with Gasteiger partial charge in [-0.3, -0.25) is 9.97 Å². The van der Waals surface area contributed by atoms with Crippen molar-refractivity contribution >= 4 is 0 Å². The van der Waals surface area contributed by atoms with Gasteiger partial charge in [0.1, 0.15) is 0 Å². The highest BCUT2D eigenvalue weighted by molar-refractivity contribution is 5.52. The van der Waals surface area contributed by atoms with E-state index in [-0.39, 0.29) is 12.4 Å². The van der Waals surface area contributed by atoms with Gasteiger partial charge >= 0.3 is 0 Å². The average Bonchev–Trinajstić information content (AvgIpc) is 2.21. The van der Waals surface area contributed by atoms with E-state index >= 15 is 0 Å². The number of nitrogens with zero attached hydrogens (tertiary/aromatic N) is 2. The zero-order valence-electron chi connectivity index (χ0n) is 6.89. The fourth-order valence-electron chi connectivity index (χ4n) is 1.03. The first kappa shape index (κ1) is 9.68. The van der Waals surface area contributed by atoms with Crippen LogP contribution < -0.4 is 12.4 Å². The smallest absolute Gasteiger partial charge is 0.0886 e. The molecule has 2 aromatic heterocycles. The van der Waals surface area contributed by atoms with Gasteiger partial charge in [0.15, 0.2) is 0 Å². The molecule has 0 spiro atoms. The lowest BCUT2D eigenvalue weighted by molar-refractivity contribution is -0.00000250. The Morgan fingerprint density at radius 1 is 0.692 bits per heavy atom. The zero-order chi connectivity index (χ0) is 8.23. The summed E-state index contributed by atoms with van der Waals surface area (Å²) in [7, 11) is 0. The van der Waals surface area contributed by atoms with E-state index < -0.39 is 0 Å². The minimum Gasteiger partial charge on any atom is -1.00 e. The summed E-state index contributed by atoms with van der Waals surface area (Å²) >= 11 is 0. The summed E-state index contributed by atoms with van der Waals surface area (Å²) in [6, 6.07) is 11.6. The van der Waals surface area contributed by atoms with Crippen LogP contribution in [0.2, 0.25) is 0 Å². The summed E-state index contributed by atoms with van der Waals surface area (Å²) in [5.41, 5.74) is 1.83. The molecule has 2 aromatic rings. The fourth-order valence-corrected chi connectivity index (χ4v) is 1.03. The maximum Gasteiger partial charge on any atom is 0.0886 e. The Kier molecular flexibility index (Phi) is 3.41. The summed E-state index contributed by atoms with van der Waals surface area (Å²) in [5.74, 6) is 0. The molecule has 2 heterocycles. The predicted octanol–water partition coefficient (Wildman–Crippen LogP) is -0.852. The molecule has 0 amide bonds. The van der Waals surface area contributed by atoms with E-state index in [2.05, 4.69) is 9.97 Å². The van der Waals surface area contributed by atoms with E-state index in [0.29, 0.717) is 0 Å². The van der Waals surface area contributed by atoms with Crippen LogP contribution in [0.4, 0.5) is 0 Å². The van der Waals surface area contributed by atoms with Gasteiger partial charge in [0.05, 0.1) is 11.4 Å². The van der Waals surface area contributed by atoms with Gasteiger partial charge in [0.2, 0.25) is 0 Å². The van der Waals surface area contributed by atoms with Crippen molar-refractivity contribution in [2.45, 2.75) is 0 Å². The van der Waals surface area contributed by atoms with Crippen LogP contribution >= 0.6 is 0 Å². The molecule has 0 saturated carbocycles. The van der Waals surface area contributed by atoms with Gasteiger partial charge in [-0.15, -0.1) is 0 Å². The van der Waals surface area contributed by atoms with Crippen LogP contribution in [0.25, 0.3) is 11.4 Å². The van der Waals surface area contributed by atoms with Crippen LogP contribution in [0, 0.1) is 0 Å². The zero-order valence-corrected chi connectivity index (χ0v) is 7.65. The lowest BCUT2D eigenvalue weighted by atomic mass is 10.2. The molecule has 0 N–H and O–H groups in total. The third kappa shape index (κ3) is 2.26. The highest BCUT2D eigenvalue weighted by Crippen LogP contribution is 2.10. The number of rotatable bonds is 1. The predicted molar refractivity (Wildman–Crippen MR) is 47.5 cm³/mol. The molecule has 3 heteroatoms. The molecule has 0 atom stereocenters. The van der Waals surface area contributed by atoms with E-state index in [1.807, 2.05) is 36.4 Å². The molecule has 66 valence electrons. The van der Waals surface area contributed by atoms with E-state index in [9.17, 15) is 0 Å². The van der Waals surface area contributed by atoms with Crippen LogP contribution in [0.15, 0.2) is 48.8 Å². The van der Waals surface area contributed by atoms with Crippen LogP contribution in [0.5, 0.6) is 0 Å². The van der Waals surface area contributed by atoms with Crippen LogP contribution in [-0.4, -0.2) is 9.97 Å². The number of hydrogen-bond acceptors (Lipinski definition) is 2. The van der Waals surface area contributed by atoms with Crippen molar-refractivity contribution in [1.82, 2.24) is 9.97 Å². The van der Waals surface area contributed by atoms with Gasteiger partial charge in [-0.2, -0.15) is 0 Å². The van der Waals surface area contributed by atoms with Gasteiger partial charge in [-0.05, 0) is 24.3 Å². The van der Waals surface area contributed by atoms with Crippen molar-refractivity contribution in [2.75, 3.05) is 0 Å². The molecule has 0 aliphatic rings. The first-order chi connectivity index (χ1) is 5.97. The van der Waals surface area contributed by atoms with E-state index in [1.165, 1.54) is 0 Å². The number of pyridine rings is 2. The minimum atomic E-state index is 0. The van der Waals surface area contributed by atoms with Gasteiger partial charge in [0, 0.05) is 12.4 Å². The summed E-state index contributed by atoms with van der Waals surface area (Å²) in [6.07, 6.45) is 3.54. The lowest BCUT2D eigenvalue weighted by Gasteiger charge is -1.96. The highest BCUT2D eigenvalue weighted by Gasteiger charge is 1.95. The number of halogens is 1. The highest BCUT2D eigenvalue weighted by atomic mass is 35.5. The summed E-state index contributed by atoms with van der Waals surface area (Å²) in [5, 5.41) is 0. The molecule has 0 bridgehead atoms. The van der Waals surface area contributed by atoms with Gasteiger partial charge in [-0.1, -0.05) is 12.1 Å². The Morgan fingerprint density at radius 3 is 1.46 bits per heavy atom. The molecule has 0 radical (unpaired) electrons. The molecular weight excluding hydrogens is 184 g/mol. The molecule has 0 aromatic carbocycles. The van der Waals surface area contributed by atoms with Gasteiger partial charge in [0.25, 0.3) is 0 Å². The van der Waals surface area contributed by atoms with Crippen molar-refractivity contribution < 1.29 is 12.4 Å². The summed E-state index contributed by atoms with van der Waals surface area (Å²) < 4.78 is 0. The van der Waals surface area contributed by atoms with Crippen LogP contribution in [0.1, 0.15) is 0 Å². The minimum absolute atomic E-state index is 0. The van der Waals surface area contributed by atoms with E-state index in [0.717, 1.165) is 11.4 Å². The molecule has 0 aliphatic heterocycles. The monoisotopic (exact) mass is 191 g/mol. The quantitative estimate of drug-likeness (QED) is 0.587. The van der Waals surface area contributed by atoms with Gasteiger partial charge in [-0.25, -0.2) is 0 Å². The topological polar surface area (TPSA) is 25.8 Å². The second-order valence-corrected chi connectivity index (χ2v) is 2.43. The SMILES string of the molecule is [Cl-].c1ccc(-c2ccccn2)nc1. The van der Waals surface area contributed by atoms with Crippen molar-refractivity contribution in [1.29, 1.82) is 0 Å². The summed E-state index contributed by atoms with van der Waals surface area (Å²) in [6.45, 7) is 0. The van der Waals surface area contributed by atoms with Crippen LogP contribution in [-0.2, 0) is 0 Å². The van der Waals surface area contributed by atoms with Gasteiger partial charge < -0.3 is 12.4 Å². The Morgan fingerprint density at radius 2 is 1.15 bits per heavy atom. The summed E-state index contributed by atoms with van der Waals surface area (Å²) in [4.78, 5) is 8.37. The maximum absolute atomic E-state index is 4.19. The third-order valence-electron chi connectivity index (χ3n) is 1.59.